The van der Waals surface area contributed by atoms with Crippen LogP contribution >= 0.6 is 11.3 Å². The lowest BCUT2D eigenvalue weighted by Gasteiger charge is -2.16. The number of carbonyl (C=O) groups is 2. The fourth-order valence-corrected chi connectivity index (χ4v) is 3.70. The van der Waals surface area contributed by atoms with Crippen molar-refractivity contribution >= 4 is 34.9 Å². The van der Waals surface area contributed by atoms with Gasteiger partial charge in [0.1, 0.15) is 5.70 Å². The molecule has 0 spiro atoms. The summed E-state index contributed by atoms with van der Waals surface area (Å²) in [5.41, 5.74) is 3.69. The Bertz CT molecular complexity index is 986. The summed E-state index contributed by atoms with van der Waals surface area (Å²) < 4.78 is 0. The molecule has 2 N–H and O–H groups in total. The third kappa shape index (κ3) is 5.21. The molecule has 2 aromatic carbocycles. The fraction of sp³-hybridized carbons (Fsp3) is 0.167. The molecule has 2 amide bonds. The maximum absolute atomic E-state index is 13.2. The molecule has 0 unspecified atom stereocenters. The number of nitrogens with one attached hydrogen (secondary N) is 2. The maximum atomic E-state index is 13.2. The predicted molar refractivity (Wildman–Crippen MR) is 120 cm³/mol. The summed E-state index contributed by atoms with van der Waals surface area (Å²) in [6.45, 7) is 4.12. The van der Waals surface area contributed by atoms with Gasteiger partial charge in [0.2, 0.25) is 0 Å². The van der Waals surface area contributed by atoms with E-state index < -0.39 is 0 Å². The maximum Gasteiger partial charge on any atom is 0.272 e. The highest BCUT2D eigenvalue weighted by Gasteiger charge is 2.17. The molecular formula is C24H24N2O2S. The number of thiophene rings is 1. The van der Waals surface area contributed by atoms with Crippen LogP contribution in [0.15, 0.2) is 71.7 Å². The van der Waals surface area contributed by atoms with Gasteiger partial charge in [0.25, 0.3) is 11.8 Å². The van der Waals surface area contributed by atoms with E-state index in [1.165, 1.54) is 11.3 Å². The topological polar surface area (TPSA) is 58.2 Å². The van der Waals surface area contributed by atoms with E-state index in [0.717, 1.165) is 34.5 Å². The number of para-hydroxylation sites is 1. The van der Waals surface area contributed by atoms with Gasteiger partial charge in [-0.1, -0.05) is 56.3 Å². The van der Waals surface area contributed by atoms with Crippen molar-refractivity contribution in [2.45, 2.75) is 26.7 Å². The SMILES string of the molecule is CCc1cccc(CC)c1NC(=O)/C(=C/c1cccs1)NC(=O)c1ccccc1. The van der Waals surface area contributed by atoms with E-state index in [4.69, 9.17) is 0 Å². The summed E-state index contributed by atoms with van der Waals surface area (Å²) in [5.74, 6) is -0.652. The predicted octanol–water partition coefficient (Wildman–Crippen LogP) is 5.28. The normalized spacial score (nSPS) is 11.2. The Balaban J connectivity index is 1.91. The van der Waals surface area contributed by atoms with E-state index in [-0.39, 0.29) is 17.5 Å². The highest BCUT2D eigenvalue weighted by molar-refractivity contribution is 7.10. The quantitative estimate of drug-likeness (QED) is 0.526. The summed E-state index contributed by atoms with van der Waals surface area (Å²) in [7, 11) is 0. The number of hydrogen-bond donors (Lipinski definition) is 2. The van der Waals surface area contributed by atoms with Crippen LogP contribution in [-0.2, 0) is 17.6 Å². The number of carbonyl (C=O) groups excluding carboxylic acids is 2. The minimum atomic E-state index is -0.335. The number of rotatable bonds is 7. The van der Waals surface area contributed by atoms with Crippen LogP contribution in [0, 0.1) is 0 Å². The van der Waals surface area contributed by atoms with Crippen LogP contribution in [0.3, 0.4) is 0 Å². The van der Waals surface area contributed by atoms with Crippen LogP contribution in [0.2, 0.25) is 0 Å². The number of aryl methyl sites for hydroxylation is 2. The third-order valence-corrected chi connectivity index (χ3v) is 5.42. The highest BCUT2D eigenvalue weighted by Crippen LogP contribution is 2.23. The summed E-state index contributed by atoms with van der Waals surface area (Å²) in [5, 5.41) is 7.75. The van der Waals surface area contributed by atoms with Crippen molar-refractivity contribution in [3.8, 4) is 0 Å². The van der Waals surface area contributed by atoms with E-state index in [1.54, 1.807) is 30.3 Å². The zero-order valence-corrected chi connectivity index (χ0v) is 17.4. The van der Waals surface area contributed by atoms with Crippen molar-refractivity contribution in [2.24, 2.45) is 0 Å². The monoisotopic (exact) mass is 404 g/mol. The first-order valence-corrected chi connectivity index (χ1v) is 10.5. The molecule has 5 heteroatoms. The molecule has 4 nitrogen and oxygen atoms in total. The largest absolute Gasteiger partial charge is 0.320 e. The molecule has 1 heterocycles. The molecule has 0 aliphatic rings. The first-order valence-electron chi connectivity index (χ1n) is 9.66. The fourth-order valence-electron chi connectivity index (χ4n) is 3.04. The average molecular weight is 405 g/mol. The van der Waals surface area contributed by atoms with E-state index in [1.807, 2.05) is 41.8 Å². The van der Waals surface area contributed by atoms with E-state index in [2.05, 4.69) is 24.5 Å². The Labute approximate surface area is 175 Å². The first kappa shape index (κ1) is 20.6. The summed E-state index contributed by atoms with van der Waals surface area (Å²) in [4.78, 5) is 26.7. The summed E-state index contributed by atoms with van der Waals surface area (Å²) in [6, 6.07) is 18.7. The smallest absolute Gasteiger partial charge is 0.272 e. The molecule has 1 aromatic heterocycles. The highest BCUT2D eigenvalue weighted by atomic mass is 32.1. The standard InChI is InChI=1S/C24H24N2O2S/c1-3-17-12-8-13-18(4-2)22(17)26-24(28)21(16-20-14-9-15-29-20)25-23(27)19-10-6-5-7-11-19/h5-16H,3-4H2,1-2H3,(H,25,27)(H,26,28)/b21-16-. The van der Waals surface area contributed by atoms with Gasteiger partial charge in [0, 0.05) is 16.1 Å². The average Bonchev–Trinajstić information content (AvgIpc) is 3.27. The molecule has 0 bridgehead atoms. The van der Waals surface area contributed by atoms with Crippen LogP contribution in [-0.4, -0.2) is 11.8 Å². The molecule has 0 saturated heterocycles. The molecule has 0 saturated carbocycles. The molecule has 3 aromatic rings. The molecule has 148 valence electrons. The van der Waals surface area contributed by atoms with Crippen molar-refractivity contribution in [1.29, 1.82) is 0 Å². The number of benzene rings is 2. The molecule has 0 radical (unpaired) electrons. The molecule has 29 heavy (non-hydrogen) atoms. The minimum Gasteiger partial charge on any atom is -0.320 e. The van der Waals surface area contributed by atoms with Crippen LogP contribution < -0.4 is 10.6 Å². The van der Waals surface area contributed by atoms with Crippen molar-refractivity contribution in [1.82, 2.24) is 5.32 Å². The first-order chi connectivity index (χ1) is 14.1. The Morgan fingerprint density at radius 3 is 2.17 bits per heavy atom. The Morgan fingerprint density at radius 2 is 1.59 bits per heavy atom. The van der Waals surface area contributed by atoms with Gasteiger partial charge in [-0.2, -0.15) is 0 Å². The van der Waals surface area contributed by atoms with Crippen molar-refractivity contribution in [3.05, 3.63) is 93.3 Å². The van der Waals surface area contributed by atoms with Crippen molar-refractivity contribution < 1.29 is 9.59 Å². The third-order valence-electron chi connectivity index (χ3n) is 4.60. The summed E-state index contributed by atoms with van der Waals surface area (Å²) in [6.07, 6.45) is 3.33. The van der Waals surface area contributed by atoms with Crippen molar-refractivity contribution in [3.63, 3.8) is 0 Å². The summed E-state index contributed by atoms with van der Waals surface area (Å²) >= 11 is 1.51. The molecule has 0 atom stereocenters. The Kier molecular flexibility index (Phi) is 6.98. The van der Waals surface area contributed by atoms with Gasteiger partial charge in [-0.25, -0.2) is 0 Å². The van der Waals surface area contributed by atoms with Crippen LogP contribution in [0.25, 0.3) is 6.08 Å². The van der Waals surface area contributed by atoms with E-state index in [0.29, 0.717) is 5.56 Å². The molecule has 0 aliphatic carbocycles. The van der Waals surface area contributed by atoms with Gasteiger partial charge in [0.05, 0.1) is 0 Å². The molecule has 0 aliphatic heterocycles. The van der Waals surface area contributed by atoms with Gasteiger partial charge in [-0.3, -0.25) is 9.59 Å². The van der Waals surface area contributed by atoms with Crippen molar-refractivity contribution in [2.75, 3.05) is 5.32 Å². The molecular weight excluding hydrogens is 380 g/mol. The second kappa shape index (κ2) is 9.85. The molecule has 0 fully saturated rings. The Hall–Kier alpha value is -3.18. The number of hydrogen-bond acceptors (Lipinski definition) is 3. The number of anilines is 1. The lowest BCUT2D eigenvalue weighted by atomic mass is 10.0. The van der Waals surface area contributed by atoms with Gasteiger partial charge in [-0.05, 0) is 53.6 Å². The van der Waals surface area contributed by atoms with E-state index in [9.17, 15) is 9.59 Å². The van der Waals surface area contributed by atoms with Crippen LogP contribution in [0.4, 0.5) is 5.69 Å². The number of amides is 2. The van der Waals surface area contributed by atoms with Gasteiger partial charge in [0.15, 0.2) is 0 Å². The van der Waals surface area contributed by atoms with Gasteiger partial charge >= 0.3 is 0 Å². The van der Waals surface area contributed by atoms with Crippen LogP contribution in [0.1, 0.15) is 40.2 Å². The lowest BCUT2D eigenvalue weighted by Crippen LogP contribution is -2.31. The zero-order valence-electron chi connectivity index (χ0n) is 16.6. The second-order valence-corrected chi connectivity index (χ2v) is 7.49. The minimum absolute atomic E-state index is 0.217. The van der Waals surface area contributed by atoms with Gasteiger partial charge < -0.3 is 10.6 Å². The Morgan fingerprint density at radius 1 is 0.897 bits per heavy atom. The zero-order chi connectivity index (χ0) is 20.6. The van der Waals surface area contributed by atoms with E-state index >= 15 is 0 Å². The molecule has 3 rings (SSSR count). The van der Waals surface area contributed by atoms with Gasteiger partial charge in [-0.15, -0.1) is 11.3 Å². The lowest BCUT2D eigenvalue weighted by molar-refractivity contribution is -0.113. The second-order valence-electron chi connectivity index (χ2n) is 6.51. The van der Waals surface area contributed by atoms with Crippen LogP contribution in [0.5, 0.6) is 0 Å².